The van der Waals surface area contributed by atoms with Crippen molar-refractivity contribution < 1.29 is 4.79 Å². The topological polar surface area (TPSA) is 20.3 Å². The van der Waals surface area contributed by atoms with Gasteiger partial charge in [0.15, 0.2) is 7.38 Å². The number of piperidine rings is 1. The maximum absolute atomic E-state index is 11.4. The predicted octanol–water partition coefficient (Wildman–Crippen LogP) is 1.98. The number of carbonyl (C=O) groups excluding carboxylic acids is 1. The van der Waals surface area contributed by atoms with Gasteiger partial charge in [-0.25, -0.2) is 0 Å². The lowest BCUT2D eigenvalue weighted by atomic mass is 10.1. The van der Waals surface area contributed by atoms with Crippen LogP contribution in [0.25, 0.3) is 0 Å². The highest BCUT2D eigenvalue weighted by atomic mass is 35.6. The van der Waals surface area contributed by atoms with Gasteiger partial charge in [0.1, 0.15) is 0 Å². The Morgan fingerprint density at radius 2 is 2.17 bits per heavy atom. The summed E-state index contributed by atoms with van der Waals surface area (Å²) in [5, 5.41) is 0. The van der Waals surface area contributed by atoms with E-state index in [4.69, 9.17) is 11.1 Å². The lowest BCUT2D eigenvalue weighted by Gasteiger charge is -2.30. The molecule has 1 heterocycles. The third-order valence-corrected chi connectivity index (χ3v) is 3.48. The molecular weight excluding hydrogens is 190 g/mol. The van der Waals surface area contributed by atoms with E-state index in [-0.39, 0.29) is 0 Å². The molecule has 0 atom stereocenters. The lowest BCUT2D eigenvalue weighted by Crippen LogP contribution is -2.44. The first kappa shape index (κ1) is 10.1. The second-order valence-corrected chi connectivity index (χ2v) is 10.8. The molecule has 1 rings (SSSR count). The number of halogens is 1. The fraction of sp³-hybridized carbons (Fsp3) is 0.875. The van der Waals surface area contributed by atoms with Gasteiger partial charge in [-0.1, -0.05) is 13.1 Å². The third kappa shape index (κ3) is 3.15. The molecule has 1 aliphatic heterocycles. The summed E-state index contributed by atoms with van der Waals surface area (Å²) in [6, 6.07) is 0. The predicted molar refractivity (Wildman–Crippen MR) is 53.8 cm³/mol. The number of carbonyl (C=O) groups is 1. The Hall–Kier alpha value is -0.0231. The summed E-state index contributed by atoms with van der Waals surface area (Å²) >= 11 is 6.18. The lowest BCUT2D eigenvalue weighted by molar-refractivity contribution is -0.132. The minimum atomic E-state index is -1.61. The van der Waals surface area contributed by atoms with Crippen LogP contribution in [0.15, 0.2) is 0 Å². The van der Waals surface area contributed by atoms with Crippen LogP contribution in [0.2, 0.25) is 13.1 Å². The SMILES string of the molecule is C[Si](C)(Cl)CN1CCCCC1=O. The molecule has 70 valence electrons. The van der Waals surface area contributed by atoms with Crippen LogP contribution in [0, 0.1) is 0 Å². The minimum Gasteiger partial charge on any atom is -0.344 e. The largest absolute Gasteiger partial charge is 0.344 e. The smallest absolute Gasteiger partial charge is 0.222 e. The van der Waals surface area contributed by atoms with Crippen LogP contribution in [-0.2, 0) is 4.79 Å². The Bertz CT molecular complexity index is 178. The first-order chi connectivity index (χ1) is 5.49. The van der Waals surface area contributed by atoms with Crippen LogP contribution >= 0.6 is 11.1 Å². The van der Waals surface area contributed by atoms with E-state index >= 15 is 0 Å². The average molecular weight is 206 g/mol. The molecule has 0 bridgehead atoms. The molecule has 0 spiro atoms. The van der Waals surface area contributed by atoms with Crippen molar-refractivity contribution in [3.05, 3.63) is 0 Å². The third-order valence-electron chi connectivity index (χ3n) is 1.99. The molecule has 0 unspecified atom stereocenters. The molecule has 0 radical (unpaired) electrons. The standard InChI is InChI=1S/C8H16ClNOSi/c1-12(2,9)7-10-6-4-3-5-8(10)11/h3-7H2,1-2H3. The van der Waals surface area contributed by atoms with Crippen molar-refractivity contribution in [2.24, 2.45) is 0 Å². The molecule has 0 aromatic rings. The molecule has 0 N–H and O–H groups in total. The van der Waals surface area contributed by atoms with Gasteiger partial charge in [0, 0.05) is 19.1 Å². The van der Waals surface area contributed by atoms with Crippen LogP contribution < -0.4 is 0 Å². The number of hydrogen-bond donors (Lipinski definition) is 0. The van der Waals surface area contributed by atoms with Gasteiger partial charge < -0.3 is 4.90 Å². The van der Waals surface area contributed by atoms with Crippen LogP contribution in [-0.4, -0.2) is 30.9 Å². The highest BCUT2D eigenvalue weighted by Crippen LogP contribution is 2.15. The van der Waals surface area contributed by atoms with E-state index in [0.29, 0.717) is 5.91 Å². The number of likely N-dealkylation sites (tertiary alicyclic amines) is 1. The van der Waals surface area contributed by atoms with Gasteiger partial charge >= 0.3 is 0 Å². The summed E-state index contributed by atoms with van der Waals surface area (Å²) in [7, 11) is -1.61. The summed E-state index contributed by atoms with van der Waals surface area (Å²) in [6.07, 6.45) is 3.74. The van der Waals surface area contributed by atoms with E-state index in [9.17, 15) is 4.79 Å². The van der Waals surface area contributed by atoms with Crippen molar-refractivity contribution in [1.29, 1.82) is 0 Å². The van der Waals surface area contributed by atoms with Gasteiger partial charge in [-0.2, -0.15) is 11.1 Å². The summed E-state index contributed by atoms with van der Waals surface area (Å²) in [6.45, 7) is 5.08. The maximum atomic E-state index is 11.4. The van der Waals surface area contributed by atoms with Gasteiger partial charge in [0.25, 0.3) is 0 Å². The molecule has 1 aliphatic rings. The maximum Gasteiger partial charge on any atom is 0.222 e. The van der Waals surface area contributed by atoms with E-state index in [0.717, 1.165) is 32.0 Å². The second kappa shape index (κ2) is 3.79. The van der Waals surface area contributed by atoms with Crippen molar-refractivity contribution in [3.63, 3.8) is 0 Å². The highest BCUT2D eigenvalue weighted by molar-refractivity contribution is 7.19. The van der Waals surface area contributed by atoms with E-state index in [1.54, 1.807) is 0 Å². The number of rotatable bonds is 2. The van der Waals surface area contributed by atoms with Crippen LogP contribution in [0.3, 0.4) is 0 Å². The van der Waals surface area contributed by atoms with Gasteiger partial charge in [-0.05, 0) is 12.8 Å². The Balaban J connectivity index is 2.45. The zero-order valence-corrected chi connectivity index (χ0v) is 9.52. The molecule has 1 saturated heterocycles. The summed E-state index contributed by atoms with van der Waals surface area (Å²) in [5.41, 5.74) is 0. The van der Waals surface area contributed by atoms with Gasteiger partial charge in [-0.15, -0.1) is 0 Å². The monoisotopic (exact) mass is 205 g/mol. The molecule has 1 fully saturated rings. The van der Waals surface area contributed by atoms with E-state index in [1.807, 2.05) is 4.90 Å². The fourth-order valence-corrected chi connectivity index (χ4v) is 3.16. The average Bonchev–Trinajstić information content (AvgIpc) is 1.91. The Labute approximate surface area is 79.6 Å². The van der Waals surface area contributed by atoms with Crippen LogP contribution in [0.4, 0.5) is 0 Å². The fourth-order valence-electron chi connectivity index (χ4n) is 1.48. The quantitative estimate of drug-likeness (QED) is 0.499. The molecule has 12 heavy (non-hydrogen) atoms. The van der Waals surface area contributed by atoms with Crippen molar-refractivity contribution in [3.8, 4) is 0 Å². The molecule has 0 aliphatic carbocycles. The number of amides is 1. The number of nitrogens with zero attached hydrogens (tertiary/aromatic N) is 1. The molecule has 0 aromatic heterocycles. The molecule has 1 amide bonds. The highest BCUT2D eigenvalue weighted by Gasteiger charge is 2.26. The van der Waals surface area contributed by atoms with Crippen molar-refractivity contribution in [2.75, 3.05) is 12.7 Å². The van der Waals surface area contributed by atoms with Crippen LogP contribution in [0.1, 0.15) is 19.3 Å². The van der Waals surface area contributed by atoms with Crippen LogP contribution in [0.5, 0.6) is 0 Å². The summed E-state index contributed by atoms with van der Waals surface area (Å²) in [4.78, 5) is 13.3. The van der Waals surface area contributed by atoms with Gasteiger partial charge in [-0.3, -0.25) is 4.79 Å². The van der Waals surface area contributed by atoms with E-state index in [1.165, 1.54) is 0 Å². The summed E-state index contributed by atoms with van der Waals surface area (Å²) < 4.78 is 0. The van der Waals surface area contributed by atoms with Crippen molar-refractivity contribution in [2.45, 2.75) is 32.4 Å². The van der Waals surface area contributed by atoms with Crippen molar-refractivity contribution >= 4 is 24.4 Å². The van der Waals surface area contributed by atoms with Gasteiger partial charge in [0.2, 0.25) is 5.91 Å². The molecule has 4 heteroatoms. The Morgan fingerprint density at radius 1 is 1.50 bits per heavy atom. The second-order valence-electron chi connectivity index (χ2n) is 3.99. The molecular formula is C8H16ClNOSi. The number of hydrogen-bond acceptors (Lipinski definition) is 1. The Morgan fingerprint density at radius 3 is 2.67 bits per heavy atom. The first-order valence-electron chi connectivity index (χ1n) is 4.46. The Kier molecular flexibility index (Phi) is 3.18. The molecule has 0 saturated carbocycles. The van der Waals surface area contributed by atoms with E-state index in [2.05, 4.69) is 13.1 Å². The normalized spacial score (nSPS) is 19.9. The van der Waals surface area contributed by atoms with E-state index < -0.39 is 7.38 Å². The zero-order valence-electron chi connectivity index (χ0n) is 7.77. The molecule has 2 nitrogen and oxygen atoms in total. The molecule has 0 aromatic carbocycles. The zero-order chi connectivity index (χ0) is 9.19. The summed E-state index contributed by atoms with van der Waals surface area (Å²) in [5.74, 6) is 0.294. The van der Waals surface area contributed by atoms with Crippen molar-refractivity contribution in [1.82, 2.24) is 4.90 Å². The first-order valence-corrected chi connectivity index (χ1v) is 8.68. The minimum absolute atomic E-state index is 0.294. The van der Waals surface area contributed by atoms with Gasteiger partial charge in [0.05, 0.1) is 0 Å².